The van der Waals surface area contributed by atoms with Crippen LogP contribution in [0.1, 0.15) is 49.0 Å². The number of fused-ring (bicyclic) bond motifs is 1. The number of hydrogen-bond acceptors (Lipinski definition) is 4. The number of carbonyl (C=O) groups excluding carboxylic acids is 1. The van der Waals surface area contributed by atoms with Gasteiger partial charge >= 0.3 is 0 Å². The van der Waals surface area contributed by atoms with Gasteiger partial charge in [0.15, 0.2) is 6.10 Å². The Morgan fingerprint density at radius 1 is 1.25 bits per heavy atom. The molecular weight excluding hydrogens is 414 g/mol. The normalized spacial score (nSPS) is 24.1. The van der Waals surface area contributed by atoms with Crippen LogP contribution in [0, 0.1) is 26.7 Å². The zero-order valence-corrected chi connectivity index (χ0v) is 19.1. The molecule has 0 spiro atoms. The van der Waals surface area contributed by atoms with E-state index < -0.39 is 18.6 Å². The van der Waals surface area contributed by atoms with Crippen molar-refractivity contribution in [3.8, 4) is 5.75 Å². The third-order valence-electron chi connectivity index (χ3n) is 6.61. The SMILES string of the molecule is Cc1ccc(O[C@H](C)C(=O)N2CCC[C@H]([C@@H]3C[C@H](C(F)F)n4nc(C)cc4N3)C2)c(C)c1. The van der Waals surface area contributed by atoms with Crippen molar-refractivity contribution in [1.82, 2.24) is 14.7 Å². The first-order valence-corrected chi connectivity index (χ1v) is 11.4. The van der Waals surface area contributed by atoms with E-state index in [0.717, 1.165) is 29.7 Å². The lowest BCUT2D eigenvalue weighted by molar-refractivity contribution is -0.140. The molecule has 6 nitrogen and oxygen atoms in total. The summed E-state index contributed by atoms with van der Waals surface area (Å²) < 4.78 is 34.9. The molecule has 2 aliphatic heterocycles. The largest absolute Gasteiger partial charge is 0.481 e. The van der Waals surface area contributed by atoms with Gasteiger partial charge in [0.25, 0.3) is 12.3 Å². The Balaban J connectivity index is 1.43. The smallest absolute Gasteiger partial charge is 0.263 e. The number of aryl methyl sites for hydroxylation is 3. The van der Waals surface area contributed by atoms with Gasteiger partial charge in [0.05, 0.1) is 5.69 Å². The number of piperidine rings is 1. The number of hydrogen-bond donors (Lipinski definition) is 1. The Labute approximate surface area is 187 Å². The number of ether oxygens (including phenoxy) is 1. The Morgan fingerprint density at radius 2 is 2.03 bits per heavy atom. The van der Waals surface area contributed by atoms with Gasteiger partial charge in [-0.3, -0.25) is 4.79 Å². The molecule has 8 heteroatoms. The fourth-order valence-electron chi connectivity index (χ4n) is 4.97. The van der Waals surface area contributed by atoms with Gasteiger partial charge in [0.2, 0.25) is 0 Å². The van der Waals surface area contributed by atoms with Gasteiger partial charge in [-0.05, 0) is 64.5 Å². The molecule has 1 aromatic carbocycles. The van der Waals surface area contributed by atoms with Gasteiger partial charge in [0, 0.05) is 25.2 Å². The van der Waals surface area contributed by atoms with Crippen molar-refractivity contribution in [2.75, 3.05) is 18.4 Å². The first-order chi connectivity index (χ1) is 15.2. The first-order valence-electron chi connectivity index (χ1n) is 11.4. The maximum atomic E-state index is 13.8. The van der Waals surface area contributed by atoms with Gasteiger partial charge in [-0.15, -0.1) is 0 Å². The molecule has 1 N–H and O–H groups in total. The quantitative estimate of drug-likeness (QED) is 0.735. The molecule has 4 rings (SSSR count). The molecule has 1 amide bonds. The average molecular weight is 447 g/mol. The summed E-state index contributed by atoms with van der Waals surface area (Å²) >= 11 is 0. The second-order valence-electron chi connectivity index (χ2n) is 9.22. The third kappa shape index (κ3) is 4.59. The molecule has 0 aliphatic carbocycles. The predicted octanol–water partition coefficient (Wildman–Crippen LogP) is 4.50. The zero-order valence-electron chi connectivity index (χ0n) is 19.1. The highest BCUT2D eigenvalue weighted by Gasteiger charge is 2.39. The summed E-state index contributed by atoms with van der Waals surface area (Å²) in [7, 11) is 0. The third-order valence-corrected chi connectivity index (χ3v) is 6.61. The van der Waals surface area contributed by atoms with Crippen LogP contribution in [0.3, 0.4) is 0 Å². The molecule has 1 fully saturated rings. The molecule has 0 bridgehead atoms. The number of halogens is 2. The molecule has 1 saturated heterocycles. The van der Waals surface area contributed by atoms with E-state index in [1.807, 2.05) is 49.9 Å². The van der Waals surface area contributed by atoms with Crippen LogP contribution < -0.4 is 10.1 Å². The van der Waals surface area contributed by atoms with Crippen LogP contribution in [0.2, 0.25) is 0 Å². The molecule has 4 atom stereocenters. The standard InChI is InChI=1S/C24H32F2N4O2/c1-14-7-8-21(15(2)10-14)32-17(4)24(31)29-9-5-6-18(13-29)19-12-20(23(25)26)30-22(27-19)11-16(3)28-30/h7-8,10-11,17-20,23,27H,5-6,9,12-13H2,1-4H3/t17-,18+,19+,20-/m1/s1. The average Bonchev–Trinajstić information content (AvgIpc) is 3.14. The number of aromatic nitrogens is 2. The summed E-state index contributed by atoms with van der Waals surface area (Å²) in [5.74, 6) is 1.39. The number of benzene rings is 1. The molecule has 174 valence electrons. The van der Waals surface area contributed by atoms with Gasteiger partial charge in [0.1, 0.15) is 17.6 Å². The van der Waals surface area contributed by atoms with Crippen molar-refractivity contribution in [3.05, 3.63) is 41.1 Å². The van der Waals surface area contributed by atoms with Gasteiger partial charge < -0.3 is 15.0 Å². The zero-order chi connectivity index (χ0) is 23.0. The minimum absolute atomic E-state index is 0.0585. The van der Waals surface area contributed by atoms with E-state index >= 15 is 0 Å². The lowest BCUT2D eigenvalue weighted by Gasteiger charge is -2.41. The number of nitrogens with zero attached hydrogens (tertiary/aromatic N) is 3. The fourth-order valence-corrected chi connectivity index (χ4v) is 4.97. The number of anilines is 1. The van der Waals surface area contributed by atoms with E-state index in [-0.39, 0.29) is 17.9 Å². The number of amides is 1. The minimum Gasteiger partial charge on any atom is -0.481 e. The summed E-state index contributed by atoms with van der Waals surface area (Å²) in [4.78, 5) is 15.0. The topological polar surface area (TPSA) is 59.4 Å². The van der Waals surface area contributed by atoms with Crippen molar-refractivity contribution in [2.24, 2.45) is 5.92 Å². The summed E-state index contributed by atoms with van der Waals surface area (Å²) in [5.41, 5.74) is 2.86. The van der Waals surface area contributed by atoms with E-state index in [4.69, 9.17) is 4.74 Å². The van der Waals surface area contributed by atoms with E-state index in [1.54, 1.807) is 6.92 Å². The lowest BCUT2D eigenvalue weighted by atomic mass is 9.86. The van der Waals surface area contributed by atoms with Crippen LogP contribution in [-0.4, -0.2) is 52.2 Å². The Kier molecular flexibility index (Phi) is 6.40. The minimum atomic E-state index is -2.48. The molecule has 0 saturated carbocycles. The Hall–Kier alpha value is -2.64. The summed E-state index contributed by atoms with van der Waals surface area (Å²) in [6.07, 6.45) is -1.04. The highest BCUT2D eigenvalue weighted by atomic mass is 19.3. The van der Waals surface area contributed by atoms with Crippen LogP contribution in [0.25, 0.3) is 0 Å². The van der Waals surface area contributed by atoms with E-state index in [1.165, 1.54) is 4.68 Å². The van der Waals surface area contributed by atoms with Gasteiger partial charge in [-0.25, -0.2) is 13.5 Å². The van der Waals surface area contributed by atoms with Crippen molar-refractivity contribution in [1.29, 1.82) is 0 Å². The lowest BCUT2D eigenvalue weighted by Crippen LogP contribution is -2.50. The van der Waals surface area contributed by atoms with Crippen molar-refractivity contribution in [2.45, 2.75) is 71.6 Å². The molecule has 0 radical (unpaired) electrons. The van der Waals surface area contributed by atoms with E-state index in [2.05, 4.69) is 10.4 Å². The number of rotatable bonds is 5. The van der Waals surface area contributed by atoms with E-state index in [0.29, 0.717) is 31.1 Å². The van der Waals surface area contributed by atoms with Crippen LogP contribution in [-0.2, 0) is 4.79 Å². The summed E-state index contributed by atoms with van der Waals surface area (Å²) in [6.45, 7) is 8.78. The number of likely N-dealkylation sites (tertiary alicyclic amines) is 1. The molecule has 3 heterocycles. The molecule has 0 unspecified atom stereocenters. The number of nitrogens with one attached hydrogen (secondary N) is 1. The Bertz CT molecular complexity index is 977. The van der Waals surface area contributed by atoms with Gasteiger partial charge in [-0.2, -0.15) is 5.10 Å². The fraction of sp³-hybridized carbons (Fsp3) is 0.583. The molecular formula is C24H32F2N4O2. The van der Waals surface area contributed by atoms with Crippen LogP contribution in [0.5, 0.6) is 5.75 Å². The van der Waals surface area contributed by atoms with Gasteiger partial charge in [-0.1, -0.05) is 17.7 Å². The second kappa shape index (κ2) is 9.08. The molecule has 2 aliphatic rings. The molecule has 2 aromatic rings. The highest BCUT2D eigenvalue weighted by Crippen LogP contribution is 2.36. The highest BCUT2D eigenvalue weighted by molar-refractivity contribution is 5.81. The second-order valence-corrected chi connectivity index (χ2v) is 9.22. The number of alkyl halides is 2. The predicted molar refractivity (Wildman–Crippen MR) is 119 cm³/mol. The molecule has 32 heavy (non-hydrogen) atoms. The Morgan fingerprint density at radius 3 is 2.75 bits per heavy atom. The van der Waals surface area contributed by atoms with Crippen molar-refractivity contribution >= 4 is 11.7 Å². The first kappa shape index (κ1) is 22.6. The molecule has 1 aromatic heterocycles. The van der Waals surface area contributed by atoms with Crippen LogP contribution in [0.15, 0.2) is 24.3 Å². The van der Waals surface area contributed by atoms with Crippen molar-refractivity contribution < 1.29 is 18.3 Å². The monoisotopic (exact) mass is 446 g/mol. The van der Waals surface area contributed by atoms with E-state index in [9.17, 15) is 13.6 Å². The van der Waals surface area contributed by atoms with Crippen LogP contribution >= 0.6 is 0 Å². The number of carbonyl (C=O) groups is 1. The maximum Gasteiger partial charge on any atom is 0.263 e. The van der Waals surface area contributed by atoms with Crippen LogP contribution in [0.4, 0.5) is 14.6 Å². The summed E-state index contributed by atoms with van der Waals surface area (Å²) in [5, 5.41) is 7.66. The maximum absolute atomic E-state index is 13.8. The van der Waals surface area contributed by atoms with Crippen molar-refractivity contribution in [3.63, 3.8) is 0 Å². The summed E-state index contributed by atoms with van der Waals surface area (Å²) in [6, 6.07) is 6.65.